The van der Waals surface area contributed by atoms with Crippen LogP contribution in [0.25, 0.3) is 0 Å². The summed E-state index contributed by atoms with van der Waals surface area (Å²) in [6.07, 6.45) is 0.983. The van der Waals surface area contributed by atoms with Gasteiger partial charge in [-0.15, -0.1) is 0 Å². The van der Waals surface area contributed by atoms with Crippen LogP contribution in [0.4, 0.5) is 0 Å². The molecule has 0 aliphatic rings. The maximum Gasteiger partial charge on any atom is 0.315 e. The van der Waals surface area contributed by atoms with Gasteiger partial charge in [0.2, 0.25) is 5.91 Å². The lowest BCUT2D eigenvalue weighted by molar-refractivity contribution is -0.143. The number of aryl methyl sites for hydroxylation is 3. The number of aliphatic carboxylic acids is 1. The lowest BCUT2D eigenvalue weighted by Crippen LogP contribution is -2.44. The number of hydrogen-bond acceptors (Lipinski definition) is 2. The van der Waals surface area contributed by atoms with Crippen molar-refractivity contribution in [1.29, 1.82) is 0 Å². The van der Waals surface area contributed by atoms with E-state index in [2.05, 4.69) is 23.5 Å². The molecule has 0 aliphatic carbocycles. The highest BCUT2D eigenvalue weighted by Crippen LogP contribution is 2.23. The smallest absolute Gasteiger partial charge is 0.315 e. The average Bonchev–Trinajstić information content (AvgIpc) is 2.57. The zero-order valence-corrected chi connectivity index (χ0v) is 15.0. The molecule has 4 nitrogen and oxygen atoms in total. The summed E-state index contributed by atoms with van der Waals surface area (Å²) in [4.78, 5) is 23.9. The maximum absolute atomic E-state index is 12.2. The quantitative estimate of drug-likeness (QED) is 0.812. The number of benzene rings is 2. The lowest BCUT2D eigenvalue weighted by atomic mass is 9.82. The van der Waals surface area contributed by atoms with E-state index in [0.29, 0.717) is 18.4 Å². The Hall–Kier alpha value is -2.62. The Morgan fingerprint density at radius 3 is 2.20 bits per heavy atom. The number of carboxylic acids is 1. The van der Waals surface area contributed by atoms with Crippen LogP contribution in [0.5, 0.6) is 0 Å². The standard InChI is InChI=1S/C21H25NO3/c1-15-11-16(2)13-17(12-15)9-10-19(23)22-14-21(3,20(24)25)18-7-5-4-6-8-18/h4-8,11-13H,9-10,14H2,1-3H3,(H,22,23)(H,24,25). The molecule has 0 spiro atoms. The maximum atomic E-state index is 12.2. The molecule has 0 aliphatic heterocycles. The number of nitrogens with one attached hydrogen (secondary N) is 1. The fourth-order valence-corrected chi connectivity index (χ4v) is 2.94. The van der Waals surface area contributed by atoms with Gasteiger partial charge in [-0.25, -0.2) is 0 Å². The molecule has 1 unspecified atom stereocenters. The van der Waals surface area contributed by atoms with Crippen molar-refractivity contribution < 1.29 is 14.7 Å². The minimum Gasteiger partial charge on any atom is -0.481 e. The molecule has 25 heavy (non-hydrogen) atoms. The summed E-state index contributed by atoms with van der Waals surface area (Å²) in [6, 6.07) is 15.2. The Kier molecular flexibility index (Phi) is 5.97. The van der Waals surface area contributed by atoms with Crippen LogP contribution in [0.2, 0.25) is 0 Å². The van der Waals surface area contributed by atoms with E-state index >= 15 is 0 Å². The SMILES string of the molecule is Cc1cc(C)cc(CCC(=O)NCC(C)(C(=O)O)c2ccccc2)c1. The van der Waals surface area contributed by atoms with Crippen molar-refractivity contribution >= 4 is 11.9 Å². The van der Waals surface area contributed by atoms with E-state index in [1.54, 1.807) is 31.2 Å². The molecule has 0 saturated heterocycles. The molecule has 2 rings (SSSR count). The number of rotatable bonds is 7. The highest BCUT2D eigenvalue weighted by molar-refractivity contribution is 5.83. The van der Waals surface area contributed by atoms with Gasteiger partial charge in [0.05, 0.1) is 0 Å². The summed E-state index contributed by atoms with van der Waals surface area (Å²) < 4.78 is 0. The number of hydrogen-bond donors (Lipinski definition) is 2. The topological polar surface area (TPSA) is 66.4 Å². The molecule has 2 N–H and O–H groups in total. The van der Waals surface area contributed by atoms with Crippen molar-refractivity contribution in [2.75, 3.05) is 6.54 Å². The van der Waals surface area contributed by atoms with Gasteiger partial charge in [0.25, 0.3) is 0 Å². The van der Waals surface area contributed by atoms with Gasteiger partial charge in [-0.1, -0.05) is 59.7 Å². The van der Waals surface area contributed by atoms with Crippen LogP contribution < -0.4 is 5.32 Å². The van der Waals surface area contributed by atoms with Gasteiger partial charge in [0.15, 0.2) is 0 Å². The van der Waals surface area contributed by atoms with Crippen LogP contribution >= 0.6 is 0 Å². The Morgan fingerprint density at radius 1 is 1.04 bits per heavy atom. The zero-order chi connectivity index (χ0) is 18.4. The van der Waals surface area contributed by atoms with E-state index in [9.17, 15) is 14.7 Å². The highest BCUT2D eigenvalue weighted by atomic mass is 16.4. The fourth-order valence-electron chi connectivity index (χ4n) is 2.94. The van der Waals surface area contributed by atoms with Gasteiger partial charge in [0.1, 0.15) is 5.41 Å². The van der Waals surface area contributed by atoms with Crippen LogP contribution in [0.15, 0.2) is 48.5 Å². The second-order valence-electron chi connectivity index (χ2n) is 6.78. The first kappa shape index (κ1) is 18.7. The minimum atomic E-state index is -1.14. The van der Waals surface area contributed by atoms with E-state index in [0.717, 1.165) is 5.56 Å². The molecule has 0 aromatic heterocycles. The molecule has 1 atom stereocenters. The number of carbonyl (C=O) groups excluding carboxylic acids is 1. The monoisotopic (exact) mass is 339 g/mol. The lowest BCUT2D eigenvalue weighted by Gasteiger charge is -2.25. The van der Waals surface area contributed by atoms with Crippen LogP contribution in [-0.2, 0) is 21.4 Å². The first-order chi connectivity index (χ1) is 11.8. The molecular weight excluding hydrogens is 314 g/mol. The van der Waals surface area contributed by atoms with Crippen molar-refractivity contribution in [2.45, 2.75) is 39.0 Å². The summed E-state index contributed by atoms with van der Waals surface area (Å²) in [6.45, 7) is 5.77. The Morgan fingerprint density at radius 2 is 1.64 bits per heavy atom. The third-order valence-corrected chi connectivity index (χ3v) is 4.44. The van der Waals surface area contributed by atoms with E-state index < -0.39 is 11.4 Å². The van der Waals surface area contributed by atoms with Crippen LogP contribution in [0.3, 0.4) is 0 Å². The molecule has 0 fully saturated rings. The fraction of sp³-hybridized carbons (Fsp3) is 0.333. The van der Waals surface area contributed by atoms with E-state index in [-0.39, 0.29) is 12.5 Å². The molecule has 4 heteroatoms. The van der Waals surface area contributed by atoms with Gasteiger partial charge >= 0.3 is 5.97 Å². The van der Waals surface area contributed by atoms with Crippen LogP contribution in [-0.4, -0.2) is 23.5 Å². The third kappa shape index (κ3) is 4.92. The summed E-state index contributed by atoms with van der Waals surface area (Å²) >= 11 is 0. The summed E-state index contributed by atoms with van der Waals surface area (Å²) in [7, 11) is 0. The first-order valence-corrected chi connectivity index (χ1v) is 8.44. The minimum absolute atomic E-state index is 0.0675. The Bertz CT molecular complexity index is 735. The van der Waals surface area contributed by atoms with Gasteiger partial charge in [-0.2, -0.15) is 0 Å². The molecule has 2 aromatic rings. The van der Waals surface area contributed by atoms with E-state index in [1.165, 1.54) is 11.1 Å². The molecule has 0 radical (unpaired) electrons. The second-order valence-corrected chi connectivity index (χ2v) is 6.78. The number of carboxylic acid groups (broad SMARTS) is 1. The molecule has 0 heterocycles. The van der Waals surface area contributed by atoms with Crippen molar-refractivity contribution in [3.05, 3.63) is 70.8 Å². The summed E-state index contributed by atoms with van der Waals surface area (Å²) in [5, 5.41) is 12.4. The number of amides is 1. The first-order valence-electron chi connectivity index (χ1n) is 8.44. The second kappa shape index (κ2) is 7.97. The zero-order valence-electron chi connectivity index (χ0n) is 15.0. The highest BCUT2D eigenvalue weighted by Gasteiger charge is 2.35. The van der Waals surface area contributed by atoms with Gasteiger partial charge in [0, 0.05) is 13.0 Å². The van der Waals surface area contributed by atoms with Gasteiger partial charge in [-0.3, -0.25) is 9.59 Å². The van der Waals surface area contributed by atoms with Gasteiger partial charge < -0.3 is 10.4 Å². The van der Waals surface area contributed by atoms with Crippen molar-refractivity contribution in [3.8, 4) is 0 Å². The average molecular weight is 339 g/mol. The van der Waals surface area contributed by atoms with E-state index in [1.807, 2.05) is 19.9 Å². The normalized spacial score (nSPS) is 13.1. The van der Waals surface area contributed by atoms with Crippen molar-refractivity contribution in [1.82, 2.24) is 5.32 Å². The largest absolute Gasteiger partial charge is 0.481 e. The molecule has 1 amide bonds. The Balaban J connectivity index is 1.96. The summed E-state index contributed by atoms with van der Waals surface area (Å²) in [5.41, 5.74) is 3.02. The third-order valence-electron chi connectivity index (χ3n) is 4.44. The predicted octanol–water partition coefficient (Wildman–Crippen LogP) is 3.39. The molecule has 132 valence electrons. The molecule has 0 saturated carbocycles. The summed E-state index contributed by atoms with van der Waals surface area (Å²) in [5.74, 6) is -1.09. The van der Waals surface area contributed by atoms with Crippen molar-refractivity contribution in [3.63, 3.8) is 0 Å². The molecule has 2 aromatic carbocycles. The number of carbonyl (C=O) groups is 2. The van der Waals surface area contributed by atoms with Crippen molar-refractivity contribution in [2.24, 2.45) is 0 Å². The van der Waals surface area contributed by atoms with E-state index in [4.69, 9.17) is 0 Å². The molecular formula is C21H25NO3. The predicted molar refractivity (Wildman–Crippen MR) is 98.7 cm³/mol. The van der Waals surface area contributed by atoms with Crippen LogP contribution in [0, 0.1) is 13.8 Å². The van der Waals surface area contributed by atoms with Gasteiger partial charge in [-0.05, 0) is 38.3 Å². The molecule has 0 bridgehead atoms. The van der Waals surface area contributed by atoms with Crippen LogP contribution in [0.1, 0.15) is 35.6 Å². The Labute approximate surface area is 148 Å².